The first-order chi connectivity index (χ1) is 9.63. The Morgan fingerprint density at radius 1 is 1.20 bits per heavy atom. The summed E-state index contributed by atoms with van der Waals surface area (Å²) in [5, 5.41) is 0. The number of ketones is 1. The first kappa shape index (κ1) is 15.1. The van der Waals surface area contributed by atoms with E-state index in [1.54, 1.807) is 0 Å². The van der Waals surface area contributed by atoms with Crippen molar-refractivity contribution in [3.8, 4) is 0 Å². The van der Waals surface area contributed by atoms with Crippen LogP contribution >= 0.6 is 0 Å². The van der Waals surface area contributed by atoms with E-state index in [1.807, 2.05) is 0 Å². The average Bonchev–Trinajstić information content (AvgIpc) is 2.47. The Kier molecular flexibility index (Phi) is 5.22. The summed E-state index contributed by atoms with van der Waals surface area (Å²) in [5.41, 5.74) is 2.52. The van der Waals surface area contributed by atoms with Gasteiger partial charge in [0.05, 0.1) is 0 Å². The summed E-state index contributed by atoms with van der Waals surface area (Å²) in [4.78, 5) is 14.5. The van der Waals surface area contributed by atoms with E-state index in [0.29, 0.717) is 5.78 Å². The molecule has 2 atom stereocenters. The number of aryl methyl sites for hydroxylation is 1. The summed E-state index contributed by atoms with van der Waals surface area (Å²) < 4.78 is 0. The molecule has 20 heavy (non-hydrogen) atoms. The summed E-state index contributed by atoms with van der Waals surface area (Å²) in [6, 6.07) is 8.64. The van der Waals surface area contributed by atoms with Crippen LogP contribution in [0.5, 0.6) is 0 Å². The van der Waals surface area contributed by atoms with Crippen molar-refractivity contribution in [3.05, 3.63) is 29.8 Å². The number of nitrogens with zero attached hydrogens (tertiary/aromatic N) is 1. The van der Waals surface area contributed by atoms with Crippen LogP contribution in [0.25, 0.3) is 0 Å². The molecule has 0 aromatic heterocycles. The van der Waals surface area contributed by atoms with E-state index in [0.717, 1.165) is 38.3 Å². The highest BCUT2D eigenvalue weighted by molar-refractivity contribution is 5.82. The Hall–Kier alpha value is -1.31. The zero-order chi connectivity index (χ0) is 14.5. The van der Waals surface area contributed by atoms with Gasteiger partial charge in [-0.05, 0) is 44.7 Å². The van der Waals surface area contributed by atoms with Gasteiger partial charge in [0.15, 0.2) is 0 Å². The van der Waals surface area contributed by atoms with Gasteiger partial charge in [-0.1, -0.05) is 31.0 Å². The lowest BCUT2D eigenvalue weighted by molar-refractivity contribution is -0.125. The third-order valence-electron chi connectivity index (χ3n) is 4.67. The molecule has 2 heteroatoms. The summed E-state index contributed by atoms with van der Waals surface area (Å²) >= 11 is 0. The van der Waals surface area contributed by atoms with Crippen molar-refractivity contribution in [2.24, 2.45) is 11.8 Å². The van der Waals surface area contributed by atoms with Crippen LogP contribution < -0.4 is 4.90 Å². The van der Waals surface area contributed by atoms with Crippen LogP contribution in [0, 0.1) is 18.8 Å². The zero-order valence-corrected chi connectivity index (χ0v) is 13.1. The van der Waals surface area contributed by atoms with Gasteiger partial charge in [0, 0.05) is 31.1 Å². The Bertz CT molecular complexity index is 437. The van der Waals surface area contributed by atoms with Crippen molar-refractivity contribution < 1.29 is 4.79 Å². The summed E-state index contributed by atoms with van der Waals surface area (Å²) in [6.45, 7) is 8.37. The Balaban J connectivity index is 2.05. The fourth-order valence-electron chi connectivity index (χ4n) is 3.19. The van der Waals surface area contributed by atoms with Gasteiger partial charge < -0.3 is 4.90 Å². The quantitative estimate of drug-likeness (QED) is 0.800. The topological polar surface area (TPSA) is 20.3 Å². The molecule has 0 aliphatic heterocycles. The largest absolute Gasteiger partial charge is 0.371 e. The van der Waals surface area contributed by atoms with Gasteiger partial charge in [0.2, 0.25) is 0 Å². The first-order valence-electron chi connectivity index (χ1n) is 7.98. The normalized spacial score (nSPS) is 22.9. The average molecular weight is 273 g/mol. The number of anilines is 1. The van der Waals surface area contributed by atoms with Gasteiger partial charge in [-0.3, -0.25) is 4.79 Å². The van der Waals surface area contributed by atoms with E-state index < -0.39 is 0 Å². The Morgan fingerprint density at radius 3 is 2.50 bits per heavy atom. The van der Waals surface area contributed by atoms with Gasteiger partial charge in [0.1, 0.15) is 5.78 Å². The maximum Gasteiger partial charge on any atom is 0.137 e. The molecule has 1 fully saturated rings. The van der Waals surface area contributed by atoms with E-state index >= 15 is 0 Å². The lowest BCUT2D eigenvalue weighted by atomic mass is 9.79. The third kappa shape index (κ3) is 3.62. The highest BCUT2D eigenvalue weighted by Gasteiger charge is 2.29. The number of Topliss-reactive ketones (excluding diaryl/α,β-unsaturated/α-hetero) is 1. The van der Waals surface area contributed by atoms with Gasteiger partial charge in [0.25, 0.3) is 0 Å². The number of rotatable bonds is 5. The number of carbonyl (C=O) groups is 1. The van der Waals surface area contributed by atoms with Gasteiger partial charge in [-0.15, -0.1) is 0 Å². The van der Waals surface area contributed by atoms with E-state index in [4.69, 9.17) is 0 Å². The van der Waals surface area contributed by atoms with Crippen LogP contribution in [0.1, 0.15) is 45.1 Å². The second-order valence-corrected chi connectivity index (χ2v) is 6.09. The van der Waals surface area contributed by atoms with Crippen LogP contribution in [0.4, 0.5) is 5.69 Å². The zero-order valence-electron chi connectivity index (χ0n) is 13.1. The Labute approximate surface area is 123 Å². The number of carbonyl (C=O) groups excluding carboxylic acids is 1. The molecule has 0 amide bonds. The Morgan fingerprint density at radius 2 is 1.90 bits per heavy atom. The lowest BCUT2D eigenvalue weighted by Crippen LogP contribution is -2.36. The minimum absolute atomic E-state index is 0.231. The van der Waals surface area contributed by atoms with Gasteiger partial charge in [-0.25, -0.2) is 0 Å². The second kappa shape index (κ2) is 6.92. The predicted molar refractivity (Wildman–Crippen MR) is 85.2 cm³/mol. The van der Waals surface area contributed by atoms with Gasteiger partial charge in [-0.2, -0.15) is 0 Å². The fourth-order valence-corrected chi connectivity index (χ4v) is 3.19. The molecular formula is C18H27NO. The minimum atomic E-state index is 0.231. The molecule has 0 bridgehead atoms. The van der Waals surface area contributed by atoms with E-state index in [2.05, 4.69) is 49.9 Å². The molecule has 110 valence electrons. The minimum Gasteiger partial charge on any atom is -0.371 e. The van der Waals surface area contributed by atoms with E-state index in [9.17, 15) is 4.79 Å². The van der Waals surface area contributed by atoms with Crippen LogP contribution in [0.3, 0.4) is 0 Å². The lowest BCUT2D eigenvalue weighted by Gasteiger charge is -2.32. The van der Waals surface area contributed by atoms with Crippen molar-refractivity contribution in [3.63, 3.8) is 0 Å². The van der Waals surface area contributed by atoms with Gasteiger partial charge >= 0.3 is 0 Å². The van der Waals surface area contributed by atoms with E-state index in [-0.39, 0.29) is 5.92 Å². The van der Waals surface area contributed by atoms with Crippen molar-refractivity contribution in [1.82, 2.24) is 0 Å². The van der Waals surface area contributed by atoms with Crippen LogP contribution in [0.2, 0.25) is 0 Å². The molecule has 1 aromatic rings. The molecule has 0 heterocycles. The predicted octanol–water partition coefficient (Wildman–Crippen LogP) is 4.22. The molecule has 1 aromatic carbocycles. The van der Waals surface area contributed by atoms with Crippen molar-refractivity contribution in [2.45, 2.75) is 46.5 Å². The highest BCUT2D eigenvalue weighted by atomic mass is 16.1. The molecule has 1 aliphatic carbocycles. The highest BCUT2D eigenvalue weighted by Crippen LogP contribution is 2.30. The SMILES string of the molecule is CCC1CCC(=O)C(CN(CC)c2ccc(C)cc2)C1. The molecule has 1 saturated carbocycles. The van der Waals surface area contributed by atoms with Crippen LogP contribution in [0.15, 0.2) is 24.3 Å². The standard InChI is InChI=1S/C18H27NO/c1-4-15-8-11-18(20)16(12-15)13-19(5-2)17-9-6-14(3)7-10-17/h6-7,9-10,15-16H,4-5,8,11-13H2,1-3H3. The molecule has 0 N–H and O–H groups in total. The van der Waals surface area contributed by atoms with E-state index in [1.165, 1.54) is 17.7 Å². The number of hydrogen-bond acceptors (Lipinski definition) is 2. The second-order valence-electron chi connectivity index (χ2n) is 6.09. The summed E-state index contributed by atoms with van der Waals surface area (Å²) in [6.07, 6.45) is 4.18. The molecule has 0 saturated heterocycles. The molecule has 0 spiro atoms. The van der Waals surface area contributed by atoms with Crippen molar-refractivity contribution >= 4 is 11.5 Å². The molecule has 0 radical (unpaired) electrons. The summed E-state index contributed by atoms with van der Waals surface area (Å²) in [7, 11) is 0. The molecule has 2 unspecified atom stereocenters. The van der Waals surface area contributed by atoms with Crippen LogP contribution in [-0.2, 0) is 4.79 Å². The molecule has 1 aliphatic rings. The molecule has 2 nitrogen and oxygen atoms in total. The van der Waals surface area contributed by atoms with Crippen molar-refractivity contribution in [2.75, 3.05) is 18.0 Å². The monoisotopic (exact) mass is 273 g/mol. The van der Waals surface area contributed by atoms with Crippen molar-refractivity contribution in [1.29, 1.82) is 0 Å². The third-order valence-corrected chi connectivity index (χ3v) is 4.67. The molecule has 2 rings (SSSR count). The first-order valence-corrected chi connectivity index (χ1v) is 7.98. The van der Waals surface area contributed by atoms with Crippen LogP contribution in [-0.4, -0.2) is 18.9 Å². The fraction of sp³-hybridized carbons (Fsp3) is 0.611. The maximum absolute atomic E-state index is 12.2. The smallest absolute Gasteiger partial charge is 0.137 e. The molecular weight excluding hydrogens is 246 g/mol. The number of benzene rings is 1. The number of hydrogen-bond donors (Lipinski definition) is 0. The summed E-state index contributed by atoms with van der Waals surface area (Å²) in [5.74, 6) is 1.45. The maximum atomic E-state index is 12.2.